The van der Waals surface area contributed by atoms with Crippen molar-refractivity contribution in [3.05, 3.63) is 0 Å². The van der Waals surface area contributed by atoms with E-state index in [2.05, 4.69) is 0 Å². The van der Waals surface area contributed by atoms with Gasteiger partial charge in [-0.25, -0.2) is 0 Å². The molecule has 5 heteroatoms. The molecule has 0 radical (unpaired) electrons. The zero-order chi connectivity index (χ0) is 12.7. The number of hydrogen-bond acceptors (Lipinski definition) is 4. The van der Waals surface area contributed by atoms with E-state index in [1.165, 1.54) is 0 Å². The highest BCUT2D eigenvalue weighted by molar-refractivity contribution is 5.98. The number of carbonyl (C=O) groups excluding carboxylic acids is 1. The van der Waals surface area contributed by atoms with Crippen LogP contribution in [-0.4, -0.2) is 43.1 Å². The van der Waals surface area contributed by atoms with Crippen molar-refractivity contribution in [2.45, 2.75) is 32.1 Å². The molecule has 0 unspecified atom stereocenters. The molecule has 1 saturated heterocycles. The Bertz CT molecular complexity index is 285. The number of amidine groups is 2. The summed E-state index contributed by atoms with van der Waals surface area (Å²) in [5.41, 5.74) is 0. The van der Waals surface area contributed by atoms with Gasteiger partial charge in [-0.15, -0.1) is 0 Å². The van der Waals surface area contributed by atoms with Crippen LogP contribution < -0.4 is 0 Å². The van der Waals surface area contributed by atoms with E-state index in [0.29, 0.717) is 44.1 Å². The molecule has 5 nitrogen and oxygen atoms in total. The zero-order valence-electron chi connectivity index (χ0n) is 10.4. The van der Waals surface area contributed by atoms with E-state index < -0.39 is 0 Å². The Morgan fingerprint density at radius 3 is 2.65 bits per heavy atom. The smallest absolute Gasteiger partial charge is 0.120 e. The summed E-state index contributed by atoms with van der Waals surface area (Å²) in [6.07, 6.45) is 4.34. The van der Waals surface area contributed by atoms with Crippen LogP contribution >= 0.6 is 0 Å². The number of nitrogens with one attached hydrogen (secondary N) is 2. The average Bonchev–Trinajstić information content (AvgIpc) is 2.38. The molecule has 0 atom stereocenters. The normalized spacial score (nSPS) is 16.5. The summed E-state index contributed by atoms with van der Waals surface area (Å²) in [6.45, 7) is 1.42. The predicted molar refractivity (Wildman–Crippen MR) is 66.7 cm³/mol. The Balaban J connectivity index is 2.38. The number of unbranched alkanes of at least 4 members (excludes halogenated alkanes) is 1. The molecule has 0 aromatic carbocycles. The second-order valence-corrected chi connectivity index (χ2v) is 4.34. The minimum atomic E-state index is 0.208. The van der Waals surface area contributed by atoms with Gasteiger partial charge in [0.1, 0.15) is 18.0 Å². The van der Waals surface area contributed by atoms with Crippen LogP contribution in [0.25, 0.3) is 0 Å². The van der Waals surface area contributed by atoms with Gasteiger partial charge < -0.3 is 14.4 Å². The lowest BCUT2D eigenvalue weighted by atomic mass is 9.98. The summed E-state index contributed by atoms with van der Waals surface area (Å²) in [6, 6.07) is 0. The molecule has 0 aromatic heterocycles. The summed E-state index contributed by atoms with van der Waals surface area (Å²) in [5.74, 6) is 1.13. The van der Waals surface area contributed by atoms with Crippen LogP contribution in [0, 0.1) is 16.7 Å². The van der Waals surface area contributed by atoms with Gasteiger partial charge in [-0.3, -0.25) is 10.8 Å². The quantitative estimate of drug-likeness (QED) is 0.331. The fourth-order valence-corrected chi connectivity index (χ4v) is 1.91. The number of hydrogen-bond donors (Lipinski definition) is 2. The summed E-state index contributed by atoms with van der Waals surface area (Å²) < 4.78 is 5.26. The minimum Gasteiger partial charge on any atom is -0.381 e. The highest BCUT2D eigenvalue weighted by atomic mass is 16.5. The van der Waals surface area contributed by atoms with Crippen molar-refractivity contribution in [1.29, 1.82) is 10.8 Å². The number of aldehydes is 1. The fourth-order valence-electron chi connectivity index (χ4n) is 1.91. The maximum absolute atomic E-state index is 10.2. The molecule has 1 fully saturated rings. The van der Waals surface area contributed by atoms with E-state index in [1.807, 2.05) is 0 Å². The highest BCUT2D eigenvalue weighted by Gasteiger charge is 2.22. The van der Waals surface area contributed by atoms with Gasteiger partial charge in [0, 0.05) is 39.0 Å². The summed E-state index contributed by atoms with van der Waals surface area (Å²) in [7, 11) is 1.76. The van der Waals surface area contributed by atoms with E-state index in [0.717, 1.165) is 19.1 Å². The van der Waals surface area contributed by atoms with Crippen LogP contribution in [0.3, 0.4) is 0 Å². The molecule has 0 bridgehead atoms. The summed E-state index contributed by atoms with van der Waals surface area (Å²) >= 11 is 0. The molecule has 0 aliphatic carbocycles. The van der Waals surface area contributed by atoms with Crippen molar-refractivity contribution in [1.82, 2.24) is 4.90 Å². The minimum absolute atomic E-state index is 0.208. The molecule has 1 aliphatic rings. The van der Waals surface area contributed by atoms with Crippen LogP contribution in [0.4, 0.5) is 0 Å². The SMILES string of the molecule is CN(C(=N)CCCC=O)C(=N)C1CCOCC1. The van der Waals surface area contributed by atoms with Crippen LogP contribution in [-0.2, 0) is 9.53 Å². The van der Waals surface area contributed by atoms with E-state index in [-0.39, 0.29) is 5.92 Å². The molecule has 17 heavy (non-hydrogen) atoms. The van der Waals surface area contributed by atoms with Gasteiger partial charge in [0.15, 0.2) is 0 Å². The number of carbonyl (C=O) groups is 1. The molecule has 96 valence electrons. The summed E-state index contributed by atoms with van der Waals surface area (Å²) in [5, 5.41) is 15.9. The van der Waals surface area contributed by atoms with Gasteiger partial charge in [0.05, 0.1) is 0 Å². The molecule has 0 spiro atoms. The van der Waals surface area contributed by atoms with Gasteiger partial charge in [0.25, 0.3) is 0 Å². The topological polar surface area (TPSA) is 77.2 Å². The van der Waals surface area contributed by atoms with Crippen LogP contribution in [0.1, 0.15) is 32.1 Å². The number of ether oxygens (including phenoxy) is 1. The Hall–Kier alpha value is -1.23. The summed E-state index contributed by atoms with van der Waals surface area (Å²) in [4.78, 5) is 11.8. The van der Waals surface area contributed by atoms with Gasteiger partial charge in [-0.05, 0) is 19.3 Å². The Morgan fingerprint density at radius 1 is 1.41 bits per heavy atom. The fraction of sp³-hybridized carbons (Fsp3) is 0.750. The van der Waals surface area contributed by atoms with E-state index in [1.54, 1.807) is 11.9 Å². The predicted octanol–water partition coefficient (Wildman–Crippen LogP) is 1.67. The molecule has 0 amide bonds. The maximum atomic E-state index is 10.2. The lowest BCUT2D eigenvalue weighted by molar-refractivity contribution is -0.107. The number of nitrogens with zero attached hydrogens (tertiary/aromatic N) is 1. The van der Waals surface area contributed by atoms with E-state index in [9.17, 15) is 4.79 Å². The molecule has 0 aromatic rings. The van der Waals surface area contributed by atoms with Gasteiger partial charge in [-0.2, -0.15) is 0 Å². The monoisotopic (exact) mass is 239 g/mol. The molecule has 2 N–H and O–H groups in total. The third-order valence-electron chi connectivity index (χ3n) is 3.11. The van der Waals surface area contributed by atoms with Crippen molar-refractivity contribution in [3.8, 4) is 0 Å². The van der Waals surface area contributed by atoms with Crippen molar-refractivity contribution in [2.75, 3.05) is 20.3 Å². The van der Waals surface area contributed by atoms with Crippen molar-refractivity contribution in [3.63, 3.8) is 0 Å². The van der Waals surface area contributed by atoms with Gasteiger partial charge >= 0.3 is 0 Å². The number of rotatable bonds is 5. The molecule has 1 heterocycles. The molecule has 1 aliphatic heterocycles. The Kier molecular flexibility index (Phi) is 5.83. The van der Waals surface area contributed by atoms with E-state index in [4.69, 9.17) is 15.6 Å². The van der Waals surface area contributed by atoms with Crippen molar-refractivity contribution < 1.29 is 9.53 Å². The largest absolute Gasteiger partial charge is 0.381 e. The van der Waals surface area contributed by atoms with E-state index >= 15 is 0 Å². The molecular formula is C12H21N3O2. The maximum Gasteiger partial charge on any atom is 0.120 e. The Morgan fingerprint density at radius 2 is 2.06 bits per heavy atom. The second-order valence-electron chi connectivity index (χ2n) is 4.34. The molecular weight excluding hydrogens is 218 g/mol. The standard InChI is InChI=1S/C12H21N3O2/c1-15(11(13)4-2-3-7-16)12(14)10-5-8-17-9-6-10/h7,10,13-14H,2-6,8-9H2,1H3. The third kappa shape index (κ3) is 4.26. The molecule has 1 rings (SSSR count). The first kappa shape index (κ1) is 13.8. The van der Waals surface area contributed by atoms with Crippen LogP contribution in [0.5, 0.6) is 0 Å². The van der Waals surface area contributed by atoms with Crippen molar-refractivity contribution >= 4 is 18.0 Å². The van der Waals surface area contributed by atoms with Gasteiger partial charge in [0.2, 0.25) is 0 Å². The lowest BCUT2D eigenvalue weighted by Crippen LogP contribution is -2.38. The first-order valence-electron chi connectivity index (χ1n) is 6.07. The molecule has 0 saturated carbocycles. The van der Waals surface area contributed by atoms with Gasteiger partial charge in [-0.1, -0.05) is 0 Å². The van der Waals surface area contributed by atoms with Crippen molar-refractivity contribution in [2.24, 2.45) is 5.92 Å². The highest BCUT2D eigenvalue weighted by Crippen LogP contribution is 2.17. The average molecular weight is 239 g/mol. The first-order valence-corrected chi connectivity index (χ1v) is 6.07. The lowest BCUT2D eigenvalue weighted by Gasteiger charge is -2.29. The zero-order valence-corrected chi connectivity index (χ0v) is 10.4. The van der Waals surface area contributed by atoms with Crippen LogP contribution in [0.15, 0.2) is 0 Å². The second kappa shape index (κ2) is 7.17. The third-order valence-corrected chi connectivity index (χ3v) is 3.11. The van der Waals surface area contributed by atoms with Crippen LogP contribution in [0.2, 0.25) is 0 Å². The first-order chi connectivity index (χ1) is 8.16. The Labute approximate surface area is 102 Å².